The van der Waals surface area contributed by atoms with Crippen molar-refractivity contribution < 1.29 is 13.2 Å². The number of nitrogens with zero attached hydrogens (tertiary/aromatic N) is 1. The van der Waals surface area contributed by atoms with Crippen LogP contribution < -0.4 is 9.62 Å². The van der Waals surface area contributed by atoms with Gasteiger partial charge in [-0.3, -0.25) is 9.10 Å². The van der Waals surface area contributed by atoms with Crippen LogP contribution in [0.15, 0.2) is 83.8 Å². The number of anilines is 1. The zero-order chi connectivity index (χ0) is 23.1. The van der Waals surface area contributed by atoms with Gasteiger partial charge in [0.2, 0.25) is 5.91 Å². The highest BCUT2D eigenvalue weighted by molar-refractivity contribution is 7.92. The summed E-state index contributed by atoms with van der Waals surface area (Å²) in [7, 11) is -3.93. The van der Waals surface area contributed by atoms with E-state index in [1.807, 2.05) is 63.2 Å². The summed E-state index contributed by atoms with van der Waals surface area (Å²) in [5.41, 5.74) is 3.35. The summed E-state index contributed by atoms with van der Waals surface area (Å²) in [5, 5.41) is 3.01. The van der Waals surface area contributed by atoms with E-state index >= 15 is 0 Å². The number of sulfonamides is 1. The van der Waals surface area contributed by atoms with Crippen LogP contribution >= 0.6 is 0 Å². The molecule has 0 spiro atoms. The zero-order valence-electron chi connectivity index (χ0n) is 18.8. The highest BCUT2D eigenvalue weighted by Gasteiger charge is 2.29. The predicted octanol–water partition coefficient (Wildman–Crippen LogP) is 5.02. The molecule has 0 aliphatic heterocycles. The van der Waals surface area contributed by atoms with Gasteiger partial charge in [-0.15, -0.1) is 0 Å². The number of rotatable bonds is 9. The minimum absolute atomic E-state index is 0.164. The quantitative estimate of drug-likeness (QED) is 0.498. The summed E-state index contributed by atoms with van der Waals surface area (Å²) >= 11 is 0. The molecule has 1 unspecified atom stereocenters. The smallest absolute Gasteiger partial charge is 0.264 e. The SMILES string of the molecule is CCc1ccccc1N(CC(=O)NC(CC)c1ccccc1)S(=O)(=O)c1ccc(C)cc1. The number of carbonyl (C=O) groups excluding carboxylic acids is 1. The van der Waals surface area contributed by atoms with Gasteiger partial charge in [-0.2, -0.15) is 0 Å². The Labute approximate surface area is 191 Å². The summed E-state index contributed by atoms with van der Waals surface area (Å²) in [6.07, 6.45) is 1.35. The molecule has 32 heavy (non-hydrogen) atoms. The van der Waals surface area contributed by atoms with Gasteiger partial charge in [0.25, 0.3) is 10.0 Å². The molecule has 0 saturated heterocycles. The van der Waals surface area contributed by atoms with Crippen molar-refractivity contribution in [3.63, 3.8) is 0 Å². The highest BCUT2D eigenvalue weighted by Crippen LogP contribution is 2.28. The van der Waals surface area contributed by atoms with E-state index in [-0.39, 0.29) is 23.4 Å². The molecule has 0 aliphatic carbocycles. The first-order valence-electron chi connectivity index (χ1n) is 10.9. The molecule has 1 amide bonds. The average Bonchev–Trinajstić information content (AvgIpc) is 2.81. The van der Waals surface area contributed by atoms with Gasteiger partial charge in [0, 0.05) is 0 Å². The van der Waals surface area contributed by atoms with Crippen LogP contribution in [0.1, 0.15) is 43.0 Å². The molecule has 0 heterocycles. The van der Waals surface area contributed by atoms with Gasteiger partial charge in [-0.25, -0.2) is 8.42 Å². The second-order valence-corrected chi connectivity index (χ2v) is 9.61. The Morgan fingerprint density at radius 2 is 1.53 bits per heavy atom. The standard InChI is InChI=1S/C26H30N2O3S/c1-4-21-11-9-10-14-25(21)28(32(30,31)23-17-15-20(3)16-18-23)19-26(29)27-24(5-2)22-12-7-6-8-13-22/h6-18,24H,4-5,19H2,1-3H3,(H,27,29). The number of aryl methyl sites for hydroxylation is 2. The molecular formula is C26H30N2O3S. The molecule has 168 valence electrons. The van der Waals surface area contributed by atoms with Crippen molar-refractivity contribution in [2.75, 3.05) is 10.8 Å². The first-order chi connectivity index (χ1) is 15.4. The number of amides is 1. The lowest BCUT2D eigenvalue weighted by molar-refractivity contribution is -0.120. The molecule has 1 atom stereocenters. The van der Waals surface area contributed by atoms with Crippen LogP contribution in [0.3, 0.4) is 0 Å². The third-order valence-corrected chi connectivity index (χ3v) is 7.26. The van der Waals surface area contributed by atoms with Crippen molar-refractivity contribution >= 4 is 21.6 Å². The normalized spacial score (nSPS) is 12.2. The van der Waals surface area contributed by atoms with Gasteiger partial charge in [0.15, 0.2) is 0 Å². The maximum absolute atomic E-state index is 13.6. The van der Waals surface area contributed by atoms with Crippen molar-refractivity contribution in [1.29, 1.82) is 0 Å². The Bertz CT molecular complexity index is 1140. The van der Waals surface area contributed by atoms with Gasteiger partial charge < -0.3 is 5.32 Å². The third kappa shape index (κ3) is 5.37. The van der Waals surface area contributed by atoms with E-state index in [4.69, 9.17) is 0 Å². The fourth-order valence-electron chi connectivity index (χ4n) is 3.67. The van der Waals surface area contributed by atoms with E-state index in [1.165, 1.54) is 4.31 Å². The Hall–Kier alpha value is -3.12. The monoisotopic (exact) mass is 450 g/mol. The molecule has 0 bridgehead atoms. The Morgan fingerprint density at radius 1 is 0.906 bits per heavy atom. The van der Waals surface area contributed by atoms with Crippen molar-refractivity contribution in [3.8, 4) is 0 Å². The minimum Gasteiger partial charge on any atom is -0.348 e. The van der Waals surface area contributed by atoms with Crippen LogP contribution in [0.4, 0.5) is 5.69 Å². The predicted molar refractivity (Wildman–Crippen MR) is 129 cm³/mol. The number of nitrogens with one attached hydrogen (secondary N) is 1. The molecule has 3 rings (SSSR count). The van der Waals surface area contributed by atoms with Gasteiger partial charge in [-0.1, -0.05) is 80.1 Å². The van der Waals surface area contributed by atoms with Gasteiger partial charge in [0.1, 0.15) is 6.54 Å². The lowest BCUT2D eigenvalue weighted by Crippen LogP contribution is -2.42. The molecular weight excluding hydrogens is 420 g/mol. The number of hydrogen-bond acceptors (Lipinski definition) is 3. The number of carbonyl (C=O) groups is 1. The van der Waals surface area contributed by atoms with E-state index in [9.17, 15) is 13.2 Å². The number of benzene rings is 3. The van der Waals surface area contributed by atoms with Gasteiger partial charge in [-0.05, 0) is 49.1 Å². The molecule has 0 aromatic heterocycles. The van der Waals surface area contributed by atoms with Crippen LogP contribution in [-0.2, 0) is 21.2 Å². The highest BCUT2D eigenvalue weighted by atomic mass is 32.2. The summed E-state index contributed by atoms with van der Waals surface area (Å²) < 4.78 is 28.5. The Balaban J connectivity index is 1.96. The molecule has 3 aromatic carbocycles. The fraction of sp³-hybridized carbons (Fsp3) is 0.269. The van der Waals surface area contributed by atoms with Crippen LogP contribution in [-0.4, -0.2) is 20.9 Å². The van der Waals surface area contributed by atoms with E-state index in [1.54, 1.807) is 36.4 Å². The van der Waals surface area contributed by atoms with E-state index in [0.29, 0.717) is 18.5 Å². The van der Waals surface area contributed by atoms with Crippen molar-refractivity contribution in [3.05, 3.63) is 95.6 Å². The molecule has 6 heteroatoms. The summed E-state index contributed by atoms with van der Waals surface area (Å²) in [5.74, 6) is -0.345. The topological polar surface area (TPSA) is 66.5 Å². The fourth-order valence-corrected chi connectivity index (χ4v) is 5.13. The number of para-hydroxylation sites is 1. The van der Waals surface area contributed by atoms with Gasteiger partial charge >= 0.3 is 0 Å². The van der Waals surface area contributed by atoms with Crippen LogP contribution in [0.25, 0.3) is 0 Å². The summed E-state index contributed by atoms with van der Waals surface area (Å²) in [6.45, 7) is 5.57. The molecule has 0 saturated carbocycles. The van der Waals surface area contributed by atoms with Crippen LogP contribution in [0.2, 0.25) is 0 Å². The van der Waals surface area contributed by atoms with Crippen LogP contribution in [0, 0.1) is 6.92 Å². The van der Waals surface area contributed by atoms with Crippen molar-refractivity contribution in [1.82, 2.24) is 5.32 Å². The Kier molecular flexibility index (Phi) is 7.70. The minimum atomic E-state index is -3.93. The third-order valence-electron chi connectivity index (χ3n) is 5.48. The van der Waals surface area contributed by atoms with E-state index < -0.39 is 10.0 Å². The molecule has 0 radical (unpaired) electrons. The first-order valence-corrected chi connectivity index (χ1v) is 12.3. The maximum atomic E-state index is 13.6. The molecule has 0 aliphatic rings. The largest absolute Gasteiger partial charge is 0.348 e. The summed E-state index contributed by atoms with van der Waals surface area (Å²) in [4.78, 5) is 13.2. The lowest BCUT2D eigenvalue weighted by atomic mass is 10.0. The van der Waals surface area contributed by atoms with Crippen molar-refractivity contribution in [2.24, 2.45) is 0 Å². The summed E-state index contributed by atoms with van der Waals surface area (Å²) in [6, 6.07) is 23.5. The maximum Gasteiger partial charge on any atom is 0.264 e. The number of hydrogen-bond donors (Lipinski definition) is 1. The second-order valence-electron chi connectivity index (χ2n) is 7.75. The van der Waals surface area contributed by atoms with E-state index in [0.717, 1.165) is 16.7 Å². The zero-order valence-corrected chi connectivity index (χ0v) is 19.6. The first kappa shape index (κ1) is 23.5. The molecule has 5 nitrogen and oxygen atoms in total. The average molecular weight is 451 g/mol. The van der Waals surface area contributed by atoms with E-state index in [2.05, 4.69) is 5.32 Å². The lowest BCUT2D eigenvalue weighted by Gasteiger charge is -2.27. The Morgan fingerprint density at radius 3 is 2.16 bits per heavy atom. The van der Waals surface area contributed by atoms with Crippen LogP contribution in [0.5, 0.6) is 0 Å². The molecule has 0 fully saturated rings. The second kappa shape index (κ2) is 10.5. The molecule has 1 N–H and O–H groups in total. The van der Waals surface area contributed by atoms with Crippen molar-refractivity contribution in [2.45, 2.75) is 44.6 Å². The molecule has 3 aromatic rings. The van der Waals surface area contributed by atoms with Gasteiger partial charge in [0.05, 0.1) is 16.6 Å².